The smallest absolute Gasteiger partial charge is 0.273 e. The zero-order valence-corrected chi connectivity index (χ0v) is 12.4. The minimum absolute atomic E-state index is 0.0888. The molecule has 0 spiro atoms. The minimum Gasteiger partial charge on any atom is -0.447 e. The predicted octanol–water partition coefficient (Wildman–Crippen LogP) is 1.08. The number of sulfonamides is 1. The van der Waals surface area contributed by atoms with Gasteiger partial charge < -0.3 is 14.3 Å². The molecule has 0 fully saturated rings. The first kappa shape index (κ1) is 14.8. The zero-order valence-electron chi connectivity index (χ0n) is 11.6. The van der Waals surface area contributed by atoms with Crippen LogP contribution in [0.1, 0.15) is 22.8 Å². The van der Waals surface area contributed by atoms with E-state index in [0.717, 1.165) is 17.0 Å². The van der Waals surface area contributed by atoms with Gasteiger partial charge in [0.25, 0.3) is 10.0 Å². The van der Waals surface area contributed by atoms with Crippen molar-refractivity contribution in [3.05, 3.63) is 34.9 Å². The van der Waals surface area contributed by atoms with Crippen LogP contribution >= 0.6 is 0 Å². The Hall–Kier alpha value is -1.64. The third kappa shape index (κ3) is 3.09. The van der Waals surface area contributed by atoms with Gasteiger partial charge >= 0.3 is 0 Å². The Morgan fingerprint density at radius 2 is 2.00 bits per heavy atom. The minimum atomic E-state index is -3.53. The van der Waals surface area contributed by atoms with Gasteiger partial charge in [0.1, 0.15) is 11.5 Å². The number of hydrogen-bond acceptors (Lipinski definition) is 6. The van der Waals surface area contributed by atoms with Crippen molar-refractivity contribution >= 4 is 10.0 Å². The third-order valence-corrected chi connectivity index (χ3v) is 4.24. The van der Waals surface area contributed by atoms with E-state index < -0.39 is 10.0 Å². The van der Waals surface area contributed by atoms with Crippen molar-refractivity contribution in [1.82, 2.24) is 15.2 Å². The van der Waals surface area contributed by atoms with Crippen LogP contribution < -0.4 is 10.0 Å². The van der Waals surface area contributed by atoms with E-state index >= 15 is 0 Å². The fourth-order valence-corrected chi connectivity index (χ4v) is 2.43. The second-order valence-electron chi connectivity index (χ2n) is 4.33. The standard InChI is InChI=1S/C12H17N3O4S/c1-8-11(9(2)19-15-8)7-14-6-10-4-5-12(18-10)20(16,17)13-3/h4-5,13-14H,6-7H2,1-3H3. The van der Waals surface area contributed by atoms with Crippen LogP contribution in [0.5, 0.6) is 0 Å². The number of hydrogen-bond donors (Lipinski definition) is 2. The highest BCUT2D eigenvalue weighted by Gasteiger charge is 2.16. The second-order valence-corrected chi connectivity index (χ2v) is 6.15. The number of aryl methyl sites for hydroxylation is 2. The first-order valence-corrected chi connectivity index (χ1v) is 7.57. The summed E-state index contributed by atoms with van der Waals surface area (Å²) in [6.07, 6.45) is 0. The molecule has 0 atom stereocenters. The predicted molar refractivity (Wildman–Crippen MR) is 71.5 cm³/mol. The Morgan fingerprint density at radius 1 is 1.25 bits per heavy atom. The van der Waals surface area contributed by atoms with Gasteiger partial charge in [-0.15, -0.1) is 0 Å². The summed E-state index contributed by atoms with van der Waals surface area (Å²) in [5, 5.41) is 6.93. The topological polar surface area (TPSA) is 97.4 Å². The maximum Gasteiger partial charge on any atom is 0.273 e. The molecule has 0 aliphatic carbocycles. The molecule has 0 aliphatic heterocycles. The lowest BCUT2D eigenvalue weighted by Gasteiger charge is -2.02. The van der Waals surface area contributed by atoms with E-state index in [1.54, 1.807) is 6.07 Å². The van der Waals surface area contributed by atoms with Gasteiger partial charge in [-0.25, -0.2) is 13.1 Å². The number of nitrogens with zero attached hydrogens (tertiary/aromatic N) is 1. The van der Waals surface area contributed by atoms with Crippen molar-refractivity contribution < 1.29 is 17.4 Å². The lowest BCUT2D eigenvalue weighted by atomic mass is 10.2. The van der Waals surface area contributed by atoms with Crippen molar-refractivity contribution in [2.24, 2.45) is 0 Å². The van der Waals surface area contributed by atoms with E-state index in [1.165, 1.54) is 13.1 Å². The average molecular weight is 299 g/mol. The van der Waals surface area contributed by atoms with Gasteiger partial charge in [0.15, 0.2) is 0 Å². The van der Waals surface area contributed by atoms with Crippen molar-refractivity contribution in [2.75, 3.05) is 7.05 Å². The fraction of sp³-hybridized carbons (Fsp3) is 0.417. The Labute approximate surface area is 117 Å². The number of furan rings is 1. The first-order chi connectivity index (χ1) is 9.44. The highest BCUT2D eigenvalue weighted by atomic mass is 32.2. The van der Waals surface area contributed by atoms with E-state index in [4.69, 9.17) is 8.94 Å². The van der Waals surface area contributed by atoms with Gasteiger partial charge in [-0.1, -0.05) is 5.16 Å². The van der Waals surface area contributed by atoms with E-state index in [-0.39, 0.29) is 5.09 Å². The summed E-state index contributed by atoms with van der Waals surface area (Å²) in [4.78, 5) is 0. The van der Waals surface area contributed by atoms with E-state index in [2.05, 4.69) is 15.2 Å². The van der Waals surface area contributed by atoms with Crippen molar-refractivity contribution in [3.8, 4) is 0 Å². The molecule has 7 nitrogen and oxygen atoms in total. The molecule has 2 rings (SSSR count). The van der Waals surface area contributed by atoms with Crippen molar-refractivity contribution in [2.45, 2.75) is 32.0 Å². The second kappa shape index (κ2) is 5.78. The quantitative estimate of drug-likeness (QED) is 0.828. The number of rotatable bonds is 6. The van der Waals surface area contributed by atoms with Crippen LogP contribution in [0.4, 0.5) is 0 Å². The molecule has 0 bridgehead atoms. The molecule has 8 heteroatoms. The summed E-state index contributed by atoms with van der Waals surface area (Å²) in [6, 6.07) is 3.06. The van der Waals surface area contributed by atoms with Crippen LogP contribution in [0.25, 0.3) is 0 Å². The number of nitrogens with one attached hydrogen (secondary N) is 2. The summed E-state index contributed by atoms with van der Waals surface area (Å²) in [6.45, 7) is 4.72. The van der Waals surface area contributed by atoms with Gasteiger partial charge in [-0.2, -0.15) is 0 Å². The van der Waals surface area contributed by atoms with Gasteiger partial charge in [0, 0.05) is 12.1 Å². The molecule has 2 N–H and O–H groups in total. The molecule has 2 aromatic heterocycles. The van der Waals surface area contributed by atoms with Gasteiger partial charge in [0.05, 0.1) is 12.2 Å². The zero-order chi connectivity index (χ0) is 14.8. The lowest BCUT2D eigenvalue weighted by Crippen LogP contribution is -2.18. The average Bonchev–Trinajstić information content (AvgIpc) is 3.00. The molecular formula is C12H17N3O4S. The van der Waals surface area contributed by atoms with Crippen LogP contribution in [0.3, 0.4) is 0 Å². The molecule has 0 aliphatic rings. The van der Waals surface area contributed by atoms with Gasteiger partial charge in [-0.3, -0.25) is 0 Å². The summed E-state index contributed by atoms with van der Waals surface area (Å²) in [5.41, 5.74) is 1.84. The molecule has 2 heterocycles. The summed E-state index contributed by atoms with van der Waals surface area (Å²) in [7, 11) is -2.19. The van der Waals surface area contributed by atoms with Crippen LogP contribution in [0.15, 0.2) is 26.2 Å². The highest BCUT2D eigenvalue weighted by molar-refractivity contribution is 7.89. The molecule has 110 valence electrons. The normalized spacial score (nSPS) is 11.9. The summed E-state index contributed by atoms with van der Waals surface area (Å²) in [5.74, 6) is 1.32. The summed E-state index contributed by atoms with van der Waals surface area (Å²) >= 11 is 0. The molecular weight excluding hydrogens is 282 g/mol. The van der Waals surface area contributed by atoms with Crippen molar-refractivity contribution in [3.63, 3.8) is 0 Å². The van der Waals surface area contributed by atoms with E-state index in [1.807, 2.05) is 13.8 Å². The fourth-order valence-electron chi connectivity index (χ4n) is 1.76. The monoisotopic (exact) mass is 299 g/mol. The number of aromatic nitrogens is 1. The van der Waals surface area contributed by atoms with Crippen LogP contribution in [0.2, 0.25) is 0 Å². The molecule has 2 aromatic rings. The van der Waals surface area contributed by atoms with Crippen LogP contribution in [0, 0.1) is 13.8 Å². The first-order valence-electron chi connectivity index (χ1n) is 6.09. The van der Waals surface area contributed by atoms with Gasteiger partial charge in [-0.05, 0) is 33.0 Å². The third-order valence-electron chi connectivity index (χ3n) is 2.95. The molecule has 0 unspecified atom stereocenters. The largest absolute Gasteiger partial charge is 0.447 e. The summed E-state index contributed by atoms with van der Waals surface area (Å²) < 4.78 is 35.6. The molecule has 0 radical (unpaired) electrons. The highest BCUT2D eigenvalue weighted by Crippen LogP contribution is 2.14. The molecule has 0 saturated heterocycles. The molecule has 0 amide bonds. The molecule has 0 saturated carbocycles. The van der Waals surface area contributed by atoms with E-state index in [9.17, 15) is 8.42 Å². The Balaban J connectivity index is 1.96. The van der Waals surface area contributed by atoms with Crippen LogP contribution in [-0.2, 0) is 23.1 Å². The van der Waals surface area contributed by atoms with Crippen molar-refractivity contribution in [1.29, 1.82) is 0 Å². The maximum atomic E-state index is 11.5. The Morgan fingerprint density at radius 3 is 2.60 bits per heavy atom. The Bertz CT molecular complexity index is 668. The molecule has 20 heavy (non-hydrogen) atoms. The molecule has 0 aromatic carbocycles. The SMILES string of the molecule is CNS(=O)(=O)c1ccc(CNCc2c(C)noc2C)o1. The lowest BCUT2D eigenvalue weighted by molar-refractivity contribution is 0.390. The Kier molecular flexibility index (Phi) is 4.26. The van der Waals surface area contributed by atoms with E-state index in [0.29, 0.717) is 18.8 Å². The van der Waals surface area contributed by atoms with Crippen LogP contribution in [-0.4, -0.2) is 20.6 Å². The van der Waals surface area contributed by atoms with Gasteiger partial charge in [0.2, 0.25) is 5.09 Å². The maximum absolute atomic E-state index is 11.5.